The molecule has 2 nitrogen and oxygen atoms in total. The van der Waals surface area contributed by atoms with Crippen molar-refractivity contribution in [2.45, 2.75) is 24.4 Å². The lowest BCUT2D eigenvalue weighted by atomic mass is 9.96. The number of aromatic nitrogens is 1. The van der Waals surface area contributed by atoms with Gasteiger partial charge in [-0.2, -0.15) is 13.2 Å². The van der Waals surface area contributed by atoms with E-state index in [1.165, 1.54) is 12.1 Å². The molecule has 1 aliphatic rings. The maximum atomic E-state index is 12.7. The third kappa shape index (κ3) is 1.80. The van der Waals surface area contributed by atoms with Gasteiger partial charge >= 0.3 is 6.18 Å². The van der Waals surface area contributed by atoms with Crippen molar-refractivity contribution in [3.63, 3.8) is 0 Å². The molecule has 16 heavy (non-hydrogen) atoms. The van der Waals surface area contributed by atoms with Gasteiger partial charge in [-0.3, -0.25) is 0 Å². The first-order valence-electron chi connectivity index (χ1n) is 4.60. The molecule has 0 unspecified atom stereocenters. The molecule has 0 aromatic carbocycles. The van der Waals surface area contributed by atoms with Crippen LogP contribution in [0.15, 0.2) is 12.1 Å². The first-order chi connectivity index (χ1) is 7.39. The summed E-state index contributed by atoms with van der Waals surface area (Å²) >= 11 is 5.44. The summed E-state index contributed by atoms with van der Waals surface area (Å²) in [5.74, 6) is 0. The van der Waals surface area contributed by atoms with Crippen LogP contribution in [0, 0.1) is 0 Å². The molecule has 1 aromatic heterocycles. The summed E-state index contributed by atoms with van der Waals surface area (Å²) in [4.78, 5) is 14.1. The molecule has 0 atom stereocenters. The summed E-state index contributed by atoms with van der Waals surface area (Å²) in [5.41, 5.74) is -2.12. The zero-order valence-corrected chi connectivity index (χ0v) is 8.77. The van der Waals surface area contributed by atoms with Crippen molar-refractivity contribution in [3.8, 4) is 0 Å². The Morgan fingerprint density at radius 2 is 2.00 bits per heavy atom. The lowest BCUT2D eigenvalue weighted by Gasteiger charge is -2.15. The maximum Gasteiger partial charge on any atom is 0.433 e. The number of alkyl halides is 3. The third-order valence-electron chi connectivity index (χ3n) is 2.68. The summed E-state index contributed by atoms with van der Waals surface area (Å²) < 4.78 is 38.1. The summed E-state index contributed by atoms with van der Waals surface area (Å²) in [7, 11) is 0. The highest BCUT2D eigenvalue weighted by Gasteiger charge is 2.50. The Balaban J connectivity index is 2.57. The first kappa shape index (κ1) is 11.4. The molecule has 0 aliphatic heterocycles. The maximum absolute atomic E-state index is 12.7. The lowest BCUT2D eigenvalue weighted by Crippen LogP contribution is -2.19. The monoisotopic (exact) mass is 249 g/mol. The van der Waals surface area contributed by atoms with Gasteiger partial charge in [-0.25, -0.2) is 4.98 Å². The summed E-state index contributed by atoms with van der Waals surface area (Å²) in [5, 5.41) is -0.224. The van der Waals surface area contributed by atoms with E-state index in [0.29, 0.717) is 19.1 Å². The quantitative estimate of drug-likeness (QED) is 0.596. The topological polar surface area (TPSA) is 30.0 Å². The van der Waals surface area contributed by atoms with Crippen LogP contribution in [0.4, 0.5) is 13.2 Å². The molecular formula is C10H7ClF3NO. The Bertz CT molecular complexity index is 440. The zero-order valence-electron chi connectivity index (χ0n) is 8.01. The molecule has 2 rings (SSSR count). The largest absolute Gasteiger partial charge is 0.433 e. The predicted octanol–water partition coefficient (Wildman–Crippen LogP) is 2.98. The summed E-state index contributed by atoms with van der Waals surface area (Å²) in [6.07, 6.45) is -3.15. The van der Waals surface area contributed by atoms with Crippen molar-refractivity contribution in [3.05, 3.63) is 28.5 Å². The minimum atomic E-state index is -4.58. The predicted molar refractivity (Wildman–Crippen MR) is 51.2 cm³/mol. The number of halogens is 4. The van der Waals surface area contributed by atoms with E-state index in [0.717, 1.165) is 0 Å². The van der Waals surface area contributed by atoms with Crippen LogP contribution in [-0.2, 0) is 16.4 Å². The highest BCUT2D eigenvalue weighted by atomic mass is 35.5. The van der Waals surface area contributed by atoms with Crippen LogP contribution < -0.4 is 0 Å². The smallest absolute Gasteiger partial charge is 0.302 e. The minimum absolute atomic E-state index is 0.0700. The standard InChI is InChI=1S/C10H7ClF3NO/c11-7-2-1-6(9(5-16)3-4-9)8(15-7)10(12,13)14/h1-2,5H,3-4H2. The second kappa shape index (κ2) is 3.45. The number of carbonyl (C=O) groups excluding carboxylic acids is 1. The van der Waals surface area contributed by atoms with Crippen LogP contribution in [-0.4, -0.2) is 11.3 Å². The van der Waals surface area contributed by atoms with E-state index < -0.39 is 17.3 Å². The van der Waals surface area contributed by atoms with E-state index in [1.54, 1.807) is 0 Å². The van der Waals surface area contributed by atoms with Crippen LogP contribution in [0.5, 0.6) is 0 Å². The molecule has 0 N–H and O–H groups in total. The van der Waals surface area contributed by atoms with Gasteiger partial charge in [0.2, 0.25) is 0 Å². The number of rotatable bonds is 2. The Labute approximate surface area is 94.4 Å². The molecule has 0 radical (unpaired) electrons. The van der Waals surface area contributed by atoms with Crippen molar-refractivity contribution < 1.29 is 18.0 Å². The molecule has 0 spiro atoms. The third-order valence-corrected chi connectivity index (χ3v) is 2.89. The highest BCUT2D eigenvalue weighted by molar-refractivity contribution is 6.29. The van der Waals surface area contributed by atoms with E-state index in [9.17, 15) is 18.0 Å². The van der Waals surface area contributed by atoms with E-state index in [2.05, 4.69) is 4.98 Å². The minimum Gasteiger partial charge on any atom is -0.302 e. The Morgan fingerprint density at radius 3 is 2.44 bits per heavy atom. The van der Waals surface area contributed by atoms with Crippen molar-refractivity contribution >= 4 is 17.9 Å². The number of hydrogen-bond donors (Lipinski definition) is 0. The fourth-order valence-electron chi connectivity index (χ4n) is 1.64. The molecule has 6 heteroatoms. The SMILES string of the molecule is O=CC1(c2ccc(Cl)nc2C(F)(F)F)CC1. The van der Waals surface area contributed by atoms with E-state index in [4.69, 9.17) is 11.6 Å². The molecule has 1 saturated carbocycles. The van der Waals surface area contributed by atoms with Gasteiger partial charge in [-0.15, -0.1) is 0 Å². The van der Waals surface area contributed by atoms with Crippen molar-refractivity contribution in [2.24, 2.45) is 0 Å². The van der Waals surface area contributed by atoms with Gasteiger partial charge in [-0.05, 0) is 24.5 Å². The average Bonchev–Trinajstić information content (AvgIpc) is 2.97. The van der Waals surface area contributed by atoms with Gasteiger partial charge in [0.15, 0.2) is 0 Å². The molecule has 1 fully saturated rings. The zero-order chi connectivity index (χ0) is 12.0. The van der Waals surface area contributed by atoms with Gasteiger partial charge < -0.3 is 4.79 Å². The lowest BCUT2D eigenvalue weighted by molar-refractivity contribution is -0.142. The van der Waals surface area contributed by atoms with Gasteiger partial charge in [0.25, 0.3) is 0 Å². The molecular weight excluding hydrogens is 243 g/mol. The van der Waals surface area contributed by atoms with Gasteiger partial charge in [-0.1, -0.05) is 17.7 Å². The number of hydrogen-bond acceptors (Lipinski definition) is 2. The molecule has 0 bridgehead atoms. The van der Waals surface area contributed by atoms with E-state index in [1.807, 2.05) is 0 Å². The van der Waals surface area contributed by atoms with E-state index >= 15 is 0 Å². The van der Waals surface area contributed by atoms with Gasteiger partial charge in [0.1, 0.15) is 17.1 Å². The first-order valence-corrected chi connectivity index (χ1v) is 4.97. The highest BCUT2D eigenvalue weighted by Crippen LogP contribution is 2.49. The molecule has 86 valence electrons. The average molecular weight is 250 g/mol. The van der Waals surface area contributed by atoms with Crippen molar-refractivity contribution in [1.82, 2.24) is 4.98 Å². The number of pyridine rings is 1. The number of aldehydes is 1. The molecule has 1 aliphatic carbocycles. The van der Waals surface area contributed by atoms with Gasteiger partial charge in [0, 0.05) is 0 Å². The fourth-order valence-corrected chi connectivity index (χ4v) is 1.79. The Morgan fingerprint density at radius 1 is 1.38 bits per heavy atom. The van der Waals surface area contributed by atoms with Crippen LogP contribution in [0.3, 0.4) is 0 Å². The molecule has 1 aromatic rings. The van der Waals surface area contributed by atoms with Crippen LogP contribution in [0.25, 0.3) is 0 Å². The molecule has 0 amide bonds. The van der Waals surface area contributed by atoms with Crippen molar-refractivity contribution in [1.29, 1.82) is 0 Å². The van der Waals surface area contributed by atoms with Crippen LogP contribution in [0.1, 0.15) is 24.1 Å². The fraction of sp³-hybridized carbons (Fsp3) is 0.400. The second-order valence-electron chi connectivity index (χ2n) is 3.80. The summed E-state index contributed by atoms with van der Waals surface area (Å²) in [6.45, 7) is 0. The van der Waals surface area contributed by atoms with Crippen LogP contribution in [0.2, 0.25) is 5.15 Å². The number of carbonyl (C=O) groups is 1. The van der Waals surface area contributed by atoms with Gasteiger partial charge in [0.05, 0.1) is 5.41 Å². The summed E-state index contributed by atoms with van der Waals surface area (Å²) in [6, 6.07) is 2.51. The molecule has 0 saturated heterocycles. The van der Waals surface area contributed by atoms with Crippen LogP contribution >= 0.6 is 11.6 Å². The van der Waals surface area contributed by atoms with Crippen molar-refractivity contribution in [2.75, 3.05) is 0 Å². The number of nitrogens with zero attached hydrogens (tertiary/aromatic N) is 1. The Hall–Kier alpha value is -1.10. The second-order valence-corrected chi connectivity index (χ2v) is 4.19. The Kier molecular flexibility index (Phi) is 2.45. The normalized spacial score (nSPS) is 18.2. The van der Waals surface area contributed by atoms with E-state index in [-0.39, 0.29) is 10.7 Å². The molecule has 1 heterocycles.